The first-order valence-corrected chi connectivity index (χ1v) is 3.91. The molecule has 0 spiro atoms. The molecule has 0 aliphatic heterocycles. The van der Waals surface area contributed by atoms with Gasteiger partial charge in [0.15, 0.2) is 5.11 Å². The molecule has 0 unspecified atom stereocenters. The van der Waals surface area contributed by atoms with E-state index in [-0.39, 0.29) is 16.4 Å². The first-order chi connectivity index (χ1) is 6.43. The van der Waals surface area contributed by atoms with Crippen molar-refractivity contribution in [1.29, 1.82) is 0 Å². The van der Waals surface area contributed by atoms with Gasteiger partial charge < -0.3 is 21.7 Å². The van der Waals surface area contributed by atoms with Crippen molar-refractivity contribution in [3.63, 3.8) is 0 Å². The van der Waals surface area contributed by atoms with Gasteiger partial charge in [-0.1, -0.05) is 0 Å². The molecule has 1 aromatic rings. The van der Waals surface area contributed by atoms with E-state index in [4.69, 9.17) is 10.2 Å². The number of benzene rings is 1. The van der Waals surface area contributed by atoms with Gasteiger partial charge in [-0.25, -0.2) is 4.79 Å². The summed E-state index contributed by atoms with van der Waals surface area (Å²) in [7, 11) is 0. The molecule has 0 atom stereocenters. The van der Waals surface area contributed by atoms with Crippen LogP contribution in [-0.4, -0.2) is 21.3 Å². The van der Waals surface area contributed by atoms with Gasteiger partial charge in [-0.3, -0.25) is 0 Å². The minimum Gasteiger partial charge on any atom is -0.508 e. The largest absolute Gasteiger partial charge is 0.508 e. The fourth-order valence-electron chi connectivity index (χ4n) is 0.604. The molecule has 5 nitrogen and oxygen atoms in total. The molecule has 0 bridgehead atoms. The van der Waals surface area contributed by atoms with Crippen molar-refractivity contribution in [1.82, 2.24) is 0 Å². The summed E-state index contributed by atoms with van der Waals surface area (Å²) in [5.41, 5.74) is 9.42. The number of aromatic carboxylic acids is 1. The van der Waals surface area contributed by atoms with Gasteiger partial charge in [-0.15, -0.1) is 0 Å². The monoisotopic (exact) mass is 214 g/mol. The molecule has 0 saturated carbocycles. The predicted octanol–water partition coefficient (Wildman–Crippen LogP) is 0.279. The molecule has 0 aliphatic rings. The van der Waals surface area contributed by atoms with Crippen LogP contribution in [0.25, 0.3) is 0 Å². The van der Waals surface area contributed by atoms with Crippen molar-refractivity contribution in [3.8, 4) is 5.75 Å². The van der Waals surface area contributed by atoms with Gasteiger partial charge in [0, 0.05) is 0 Å². The maximum atomic E-state index is 10.2. The molecular weight excluding hydrogens is 204 g/mol. The maximum Gasteiger partial charge on any atom is 0.335 e. The highest BCUT2D eigenvalue weighted by Crippen LogP contribution is 2.08. The molecule has 1 rings (SSSR count). The lowest BCUT2D eigenvalue weighted by atomic mass is 10.2. The van der Waals surface area contributed by atoms with Crippen LogP contribution in [0.3, 0.4) is 0 Å². The second-order valence-corrected chi connectivity index (χ2v) is 2.73. The van der Waals surface area contributed by atoms with Crippen LogP contribution in [0.4, 0.5) is 0 Å². The lowest BCUT2D eigenvalue weighted by Crippen LogP contribution is -2.18. The van der Waals surface area contributed by atoms with Crippen molar-refractivity contribution in [2.45, 2.75) is 0 Å². The highest BCUT2D eigenvalue weighted by molar-refractivity contribution is 7.80. The van der Waals surface area contributed by atoms with E-state index < -0.39 is 5.97 Å². The van der Waals surface area contributed by atoms with E-state index in [1.165, 1.54) is 24.3 Å². The third kappa shape index (κ3) is 5.78. The quantitative estimate of drug-likeness (QED) is 0.500. The molecular formula is C8H10N2O3S. The average Bonchev–Trinajstić information content (AvgIpc) is 2.03. The molecule has 6 heteroatoms. The Balaban J connectivity index is 0.000000364. The highest BCUT2D eigenvalue weighted by Gasteiger charge is 1.99. The standard InChI is InChI=1S/C7H6O3.CH4N2S/c8-6-3-1-5(2-4-6)7(9)10;2-1(3)4/h1-4,8H,(H,9,10);(H4,2,3,4). The Labute approximate surface area is 86.0 Å². The molecule has 76 valence electrons. The van der Waals surface area contributed by atoms with Crippen molar-refractivity contribution in [2.75, 3.05) is 0 Å². The van der Waals surface area contributed by atoms with Gasteiger partial charge >= 0.3 is 5.97 Å². The van der Waals surface area contributed by atoms with Crippen molar-refractivity contribution < 1.29 is 15.0 Å². The van der Waals surface area contributed by atoms with Gasteiger partial charge in [0.05, 0.1) is 5.56 Å². The Morgan fingerprint density at radius 3 is 1.86 bits per heavy atom. The van der Waals surface area contributed by atoms with Crippen LogP contribution >= 0.6 is 12.2 Å². The molecule has 6 N–H and O–H groups in total. The Morgan fingerprint density at radius 2 is 1.57 bits per heavy atom. The summed E-state index contributed by atoms with van der Waals surface area (Å²) in [6.07, 6.45) is 0. The number of nitrogens with two attached hydrogens (primary N) is 2. The fourth-order valence-corrected chi connectivity index (χ4v) is 0.604. The number of phenols is 1. The maximum absolute atomic E-state index is 10.2. The molecule has 1 aromatic carbocycles. The zero-order chi connectivity index (χ0) is 11.1. The van der Waals surface area contributed by atoms with Crippen molar-refractivity contribution in [3.05, 3.63) is 29.8 Å². The average molecular weight is 214 g/mol. The molecule has 0 amide bonds. The van der Waals surface area contributed by atoms with Gasteiger partial charge in [0.25, 0.3) is 0 Å². The predicted molar refractivity (Wildman–Crippen MR) is 56.0 cm³/mol. The molecule has 0 aliphatic carbocycles. The molecule has 0 saturated heterocycles. The smallest absolute Gasteiger partial charge is 0.335 e. The van der Waals surface area contributed by atoms with E-state index in [0.29, 0.717) is 0 Å². The number of rotatable bonds is 1. The SMILES string of the molecule is NC(N)=S.O=C(O)c1ccc(O)cc1. The lowest BCUT2D eigenvalue weighted by Gasteiger charge is -1.92. The van der Waals surface area contributed by atoms with Crippen molar-refractivity contribution in [2.24, 2.45) is 11.5 Å². The van der Waals surface area contributed by atoms with Gasteiger partial charge in [-0.05, 0) is 36.5 Å². The van der Waals surface area contributed by atoms with E-state index in [1.54, 1.807) is 0 Å². The van der Waals surface area contributed by atoms with Crippen LogP contribution < -0.4 is 11.5 Å². The number of hydrogen-bond acceptors (Lipinski definition) is 3. The number of aromatic hydroxyl groups is 1. The van der Waals surface area contributed by atoms with Crippen LogP contribution in [0.15, 0.2) is 24.3 Å². The summed E-state index contributed by atoms with van der Waals surface area (Å²) in [6, 6.07) is 5.36. The highest BCUT2D eigenvalue weighted by atomic mass is 32.1. The van der Waals surface area contributed by atoms with Crippen LogP contribution in [0.1, 0.15) is 10.4 Å². The van der Waals surface area contributed by atoms with Crippen LogP contribution in [0.5, 0.6) is 5.75 Å². The zero-order valence-electron chi connectivity index (χ0n) is 7.18. The van der Waals surface area contributed by atoms with E-state index in [9.17, 15) is 4.79 Å². The number of carboxylic acids is 1. The van der Waals surface area contributed by atoms with Crippen LogP contribution in [0, 0.1) is 0 Å². The number of carboxylic acid groups (broad SMARTS) is 1. The third-order valence-corrected chi connectivity index (χ3v) is 1.11. The topological polar surface area (TPSA) is 110 Å². The molecule has 14 heavy (non-hydrogen) atoms. The number of hydrogen-bond donors (Lipinski definition) is 4. The molecule has 0 fully saturated rings. The summed E-state index contributed by atoms with van der Waals surface area (Å²) in [5.74, 6) is -0.912. The number of thiocarbonyl (C=S) groups is 1. The lowest BCUT2D eigenvalue weighted by molar-refractivity contribution is 0.0697. The van der Waals surface area contributed by atoms with Gasteiger partial charge in [-0.2, -0.15) is 0 Å². The second-order valence-electron chi connectivity index (χ2n) is 2.25. The summed E-state index contributed by atoms with van der Waals surface area (Å²) in [5, 5.41) is 17.1. The Bertz CT molecular complexity index is 320. The Hall–Kier alpha value is -1.82. The number of phenolic OH excluding ortho intramolecular Hbond substituents is 1. The van der Waals surface area contributed by atoms with E-state index in [1.807, 2.05) is 0 Å². The van der Waals surface area contributed by atoms with Crippen LogP contribution in [-0.2, 0) is 0 Å². The molecule has 0 aromatic heterocycles. The summed E-state index contributed by atoms with van der Waals surface area (Å²) < 4.78 is 0. The first kappa shape index (κ1) is 12.2. The Morgan fingerprint density at radius 1 is 1.21 bits per heavy atom. The van der Waals surface area contributed by atoms with Crippen LogP contribution in [0.2, 0.25) is 0 Å². The summed E-state index contributed by atoms with van der Waals surface area (Å²) >= 11 is 4.09. The van der Waals surface area contributed by atoms with Gasteiger partial charge in [0.2, 0.25) is 0 Å². The molecule has 0 heterocycles. The third-order valence-electron chi connectivity index (χ3n) is 1.11. The number of carbonyl (C=O) groups is 1. The Kier molecular flexibility index (Phi) is 5.01. The molecule has 0 radical (unpaired) electrons. The fraction of sp³-hybridized carbons (Fsp3) is 0. The normalized spacial score (nSPS) is 8.29. The van der Waals surface area contributed by atoms with Crippen molar-refractivity contribution >= 4 is 23.3 Å². The van der Waals surface area contributed by atoms with E-state index in [0.717, 1.165) is 0 Å². The second kappa shape index (κ2) is 5.76. The van der Waals surface area contributed by atoms with E-state index >= 15 is 0 Å². The summed E-state index contributed by atoms with van der Waals surface area (Å²) in [4.78, 5) is 10.2. The van der Waals surface area contributed by atoms with E-state index in [2.05, 4.69) is 23.7 Å². The van der Waals surface area contributed by atoms with Gasteiger partial charge in [0.1, 0.15) is 5.75 Å². The summed E-state index contributed by atoms with van der Waals surface area (Å²) in [6.45, 7) is 0. The minimum absolute atomic E-state index is 0.000000000000000222. The first-order valence-electron chi connectivity index (χ1n) is 3.50. The minimum atomic E-state index is -0.986. The zero-order valence-corrected chi connectivity index (χ0v) is 7.99.